The second kappa shape index (κ2) is 8.92. The third-order valence-corrected chi connectivity index (χ3v) is 4.15. The van der Waals surface area contributed by atoms with Crippen molar-refractivity contribution in [3.8, 4) is 0 Å². The number of pyridine rings is 1. The van der Waals surface area contributed by atoms with Crippen LogP contribution in [0.15, 0.2) is 72.8 Å². The van der Waals surface area contributed by atoms with Crippen LogP contribution in [0.1, 0.15) is 22.5 Å². The van der Waals surface area contributed by atoms with Gasteiger partial charge in [-0.05, 0) is 54.8 Å². The number of hydrogen-bond donors (Lipinski definition) is 2. The van der Waals surface area contributed by atoms with E-state index < -0.39 is 6.04 Å². The largest absolute Gasteiger partial charge is 0.325 e. The van der Waals surface area contributed by atoms with Crippen molar-refractivity contribution < 1.29 is 4.79 Å². The summed E-state index contributed by atoms with van der Waals surface area (Å²) in [7, 11) is 0. The number of rotatable bonds is 6. The average molecular weight is 357 g/mol. The fraction of sp³-hybridized carbons (Fsp3) is 0.130. The lowest BCUT2D eigenvalue weighted by Crippen LogP contribution is -2.37. The molecular formula is C23H23N3O. The predicted molar refractivity (Wildman–Crippen MR) is 111 cm³/mol. The minimum Gasteiger partial charge on any atom is -0.325 e. The van der Waals surface area contributed by atoms with E-state index >= 15 is 0 Å². The summed E-state index contributed by atoms with van der Waals surface area (Å²) in [6, 6.07) is 22.7. The smallest absolute Gasteiger partial charge is 0.241 e. The van der Waals surface area contributed by atoms with Crippen LogP contribution in [0.5, 0.6) is 0 Å². The molecule has 0 fully saturated rings. The van der Waals surface area contributed by atoms with Crippen LogP contribution in [0.4, 0.5) is 5.69 Å². The Kier molecular flexibility index (Phi) is 6.13. The van der Waals surface area contributed by atoms with Crippen LogP contribution in [0.25, 0.3) is 12.2 Å². The quantitative estimate of drug-likeness (QED) is 0.699. The third kappa shape index (κ3) is 5.62. The Bertz CT molecular complexity index is 935. The highest BCUT2D eigenvalue weighted by molar-refractivity contribution is 5.95. The molecule has 0 saturated carbocycles. The molecule has 0 radical (unpaired) electrons. The molecule has 0 aliphatic carbocycles. The molecular weight excluding hydrogens is 334 g/mol. The van der Waals surface area contributed by atoms with Crippen molar-refractivity contribution in [3.63, 3.8) is 0 Å². The summed E-state index contributed by atoms with van der Waals surface area (Å²) in [5.41, 5.74) is 10.7. The maximum atomic E-state index is 12.4. The molecule has 136 valence electrons. The highest BCUT2D eigenvalue weighted by Crippen LogP contribution is 2.14. The number of amides is 1. The number of carbonyl (C=O) groups is 1. The van der Waals surface area contributed by atoms with Crippen LogP contribution >= 0.6 is 0 Å². The Labute approximate surface area is 159 Å². The van der Waals surface area contributed by atoms with Crippen molar-refractivity contribution in [2.45, 2.75) is 19.4 Å². The fourth-order valence-corrected chi connectivity index (χ4v) is 2.75. The Morgan fingerprint density at radius 3 is 2.59 bits per heavy atom. The third-order valence-electron chi connectivity index (χ3n) is 4.15. The minimum absolute atomic E-state index is 0.194. The van der Waals surface area contributed by atoms with E-state index in [-0.39, 0.29) is 5.91 Å². The number of benzene rings is 2. The number of carbonyl (C=O) groups excluding carboxylic acids is 1. The van der Waals surface area contributed by atoms with Gasteiger partial charge in [0.25, 0.3) is 0 Å². The lowest BCUT2D eigenvalue weighted by molar-refractivity contribution is -0.117. The first-order valence-corrected chi connectivity index (χ1v) is 8.92. The normalized spacial score (nSPS) is 12.1. The van der Waals surface area contributed by atoms with Gasteiger partial charge in [0.15, 0.2) is 0 Å². The number of anilines is 1. The molecule has 1 unspecified atom stereocenters. The van der Waals surface area contributed by atoms with E-state index in [9.17, 15) is 4.79 Å². The van der Waals surface area contributed by atoms with Gasteiger partial charge in [0, 0.05) is 11.4 Å². The molecule has 0 aliphatic rings. The van der Waals surface area contributed by atoms with Crippen LogP contribution in [-0.2, 0) is 11.2 Å². The maximum Gasteiger partial charge on any atom is 0.241 e. The fourth-order valence-electron chi connectivity index (χ4n) is 2.75. The van der Waals surface area contributed by atoms with Gasteiger partial charge in [-0.25, -0.2) is 0 Å². The summed E-state index contributed by atoms with van der Waals surface area (Å²) in [5, 5.41) is 2.90. The van der Waals surface area contributed by atoms with E-state index in [0.717, 1.165) is 28.2 Å². The molecule has 0 spiro atoms. The molecule has 0 saturated heterocycles. The first-order valence-electron chi connectivity index (χ1n) is 8.92. The second-order valence-electron chi connectivity index (χ2n) is 6.45. The number of nitrogens with two attached hydrogens (primary N) is 1. The van der Waals surface area contributed by atoms with Crippen molar-refractivity contribution in [1.29, 1.82) is 0 Å². The number of aryl methyl sites for hydroxylation is 1. The van der Waals surface area contributed by atoms with Gasteiger partial charge in [-0.2, -0.15) is 0 Å². The zero-order valence-corrected chi connectivity index (χ0v) is 15.3. The molecule has 3 aromatic rings. The molecule has 1 heterocycles. The maximum absolute atomic E-state index is 12.4. The lowest BCUT2D eigenvalue weighted by Gasteiger charge is -2.12. The van der Waals surface area contributed by atoms with Gasteiger partial charge in [0.1, 0.15) is 0 Å². The van der Waals surface area contributed by atoms with Crippen LogP contribution in [-0.4, -0.2) is 16.9 Å². The summed E-state index contributed by atoms with van der Waals surface area (Å²) in [6.45, 7) is 1.96. The standard InChI is InChI=1S/C23H23N3O/c1-17-7-5-11-20(25-17)14-13-19-10-6-12-21(15-19)26-23(27)22(24)16-18-8-3-2-4-9-18/h2-15,22H,16,24H2,1H3,(H,26,27). The van der Waals surface area contributed by atoms with Gasteiger partial charge < -0.3 is 11.1 Å². The molecule has 1 amide bonds. The van der Waals surface area contributed by atoms with Gasteiger partial charge in [0.2, 0.25) is 5.91 Å². The molecule has 1 atom stereocenters. The SMILES string of the molecule is Cc1cccc(C=Cc2cccc(NC(=O)C(N)Cc3ccccc3)c2)n1. The zero-order valence-electron chi connectivity index (χ0n) is 15.3. The molecule has 4 nitrogen and oxygen atoms in total. The van der Waals surface area contributed by atoms with E-state index in [1.165, 1.54) is 0 Å². The average Bonchev–Trinajstić information content (AvgIpc) is 2.67. The summed E-state index contributed by atoms with van der Waals surface area (Å²) in [6.07, 6.45) is 4.43. The zero-order chi connectivity index (χ0) is 19.1. The van der Waals surface area contributed by atoms with E-state index in [4.69, 9.17) is 5.73 Å². The molecule has 27 heavy (non-hydrogen) atoms. The first kappa shape index (κ1) is 18.5. The Morgan fingerprint density at radius 2 is 1.81 bits per heavy atom. The van der Waals surface area contributed by atoms with Gasteiger partial charge in [-0.1, -0.05) is 54.6 Å². The second-order valence-corrected chi connectivity index (χ2v) is 6.45. The number of nitrogens with one attached hydrogen (secondary N) is 1. The summed E-state index contributed by atoms with van der Waals surface area (Å²) >= 11 is 0. The van der Waals surface area contributed by atoms with E-state index in [0.29, 0.717) is 6.42 Å². The lowest BCUT2D eigenvalue weighted by atomic mass is 10.1. The molecule has 1 aromatic heterocycles. The van der Waals surface area contributed by atoms with Crippen molar-refractivity contribution >= 4 is 23.7 Å². The number of nitrogens with zero attached hydrogens (tertiary/aromatic N) is 1. The summed E-state index contributed by atoms with van der Waals surface area (Å²) in [4.78, 5) is 16.8. The van der Waals surface area contributed by atoms with Crippen LogP contribution < -0.4 is 11.1 Å². The highest BCUT2D eigenvalue weighted by Gasteiger charge is 2.14. The molecule has 0 aliphatic heterocycles. The monoisotopic (exact) mass is 357 g/mol. The van der Waals surface area contributed by atoms with Gasteiger partial charge >= 0.3 is 0 Å². The van der Waals surface area contributed by atoms with Crippen molar-refractivity contribution in [1.82, 2.24) is 4.98 Å². The van der Waals surface area contributed by atoms with Gasteiger partial charge in [-0.15, -0.1) is 0 Å². The molecule has 3 N–H and O–H groups in total. The van der Waals surface area contributed by atoms with Crippen LogP contribution in [0.2, 0.25) is 0 Å². The van der Waals surface area contributed by atoms with E-state index in [1.807, 2.05) is 91.9 Å². The van der Waals surface area contributed by atoms with Crippen molar-refractivity contribution in [2.24, 2.45) is 5.73 Å². The molecule has 3 rings (SSSR count). The molecule has 2 aromatic carbocycles. The van der Waals surface area contributed by atoms with Crippen LogP contribution in [0, 0.1) is 6.92 Å². The Hall–Kier alpha value is -3.24. The van der Waals surface area contributed by atoms with Crippen molar-refractivity contribution in [2.75, 3.05) is 5.32 Å². The van der Waals surface area contributed by atoms with Crippen molar-refractivity contribution in [3.05, 3.63) is 95.3 Å². The summed E-state index contributed by atoms with van der Waals surface area (Å²) < 4.78 is 0. The minimum atomic E-state index is -0.594. The van der Waals surface area contributed by atoms with Gasteiger partial charge in [-0.3, -0.25) is 9.78 Å². The number of hydrogen-bond acceptors (Lipinski definition) is 3. The molecule has 4 heteroatoms. The number of aromatic nitrogens is 1. The predicted octanol–water partition coefficient (Wildman–Crippen LogP) is 4.07. The topological polar surface area (TPSA) is 68.0 Å². The first-order chi connectivity index (χ1) is 13.1. The highest BCUT2D eigenvalue weighted by atomic mass is 16.2. The molecule has 0 bridgehead atoms. The Morgan fingerprint density at radius 1 is 1.04 bits per heavy atom. The van der Waals surface area contributed by atoms with Crippen LogP contribution in [0.3, 0.4) is 0 Å². The van der Waals surface area contributed by atoms with E-state index in [2.05, 4.69) is 10.3 Å². The van der Waals surface area contributed by atoms with Gasteiger partial charge in [0.05, 0.1) is 11.7 Å². The Balaban J connectivity index is 1.64. The summed E-state index contributed by atoms with van der Waals surface area (Å²) in [5.74, 6) is -0.194. The van der Waals surface area contributed by atoms with E-state index in [1.54, 1.807) is 0 Å².